The normalized spacial score (nSPS) is 15.8. The number of hydrogen-bond donors (Lipinski definition) is 2. The predicted molar refractivity (Wildman–Crippen MR) is 86.8 cm³/mol. The third-order valence-corrected chi connectivity index (χ3v) is 3.86. The topological polar surface area (TPSA) is 77.2 Å². The van der Waals surface area contributed by atoms with Crippen LogP contribution in [0.3, 0.4) is 0 Å². The predicted octanol–water partition coefficient (Wildman–Crippen LogP) is 0.969. The van der Waals surface area contributed by atoms with E-state index in [9.17, 15) is 4.79 Å². The summed E-state index contributed by atoms with van der Waals surface area (Å²) in [5.74, 6) is 0.350. The van der Waals surface area contributed by atoms with Crippen LogP contribution in [0.15, 0.2) is 29.1 Å². The first-order valence-corrected chi connectivity index (χ1v) is 7.36. The summed E-state index contributed by atoms with van der Waals surface area (Å²) in [6.07, 6.45) is 0. The molecule has 0 aliphatic carbocycles. The molecule has 2 N–H and O–H groups in total. The van der Waals surface area contributed by atoms with Gasteiger partial charge in [0.05, 0.1) is 0 Å². The van der Waals surface area contributed by atoms with Gasteiger partial charge >= 0.3 is 0 Å². The van der Waals surface area contributed by atoms with Crippen molar-refractivity contribution in [3.05, 3.63) is 40.3 Å². The number of nitrogens with one attached hydrogen (secondary N) is 2. The fourth-order valence-corrected chi connectivity index (χ4v) is 2.41. The molecule has 1 aliphatic heterocycles. The molecule has 116 valence electrons. The Labute approximate surface area is 129 Å². The number of benzene rings is 1. The van der Waals surface area contributed by atoms with Crippen LogP contribution in [0.2, 0.25) is 0 Å². The first-order valence-electron chi connectivity index (χ1n) is 7.36. The van der Waals surface area contributed by atoms with E-state index >= 15 is 0 Å². The van der Waals surface area contributed by atoms with Crippen LogP contribution in [0.5, 0.6) is 0 Å². The van der Waals surface area contributed by atoms with Gasteiger partial charge in [0.15, 0.2) is 0 Å². The molecule has 0 unspecified atom stereocenters. The molecule has 0 saturated carbocycles. The molecule has 1 saturated heterocycles. The van der Waals surface area contributed by atoms with Crippen LogP contribution in [0.4, 0.5) is 17.3 Å². The van der Waals surface area contributed by atoms with E-state index in [1.807, 2.05) is 12.1 Å². The average Bonchev–Trinajstić information content (AvgIpc) is 2.53. The molecule has 0 atom stereocenters. The highest BCUT2D eigenvalue weighted by atomic mass is 16.1. The Bertz CT molecular complexity index is 688. The van der Waals surface area contributed by atoms with Crippen molar-refractivity contribution in [3.63, 3.8) is 0 Å². The number of piperazine rings is 1. The number of hydrogen-bond acceptors (Lipinski definition) is 6. The van der Waals surface area contributed by atoms with Crippen molar-refractivity contribution >= 4 is 17.3 Å². The minimum Gasteiger partial charge on any atom is -0.369 e. The van der Waals surface area contributed by atoms with Crippen LogP contribution in [-0.2, 0) is 0 Å². The van der Waals surface area contributed by atoms with Gasteiger partial charge in [0, 0.05) is 37.6 Å². The van der Waals surface area contributed by atoms with Crippen molar-refractivity contribution in [1.82, 2.24) is 20.1 Å². The highest BCUT2D eigenvalue weighted by Gasteiger charge is 2.13. The molecule has 7 heteroatoms. The molecule has 2 heterocycles. The van der Waals surface area contributed by atoms with Gasteiger partial charge in [-0.3, -0.25) is 9.78 Å². The molecule has 3 rings (SSSR count). The van der Waals surface area contributed by atoms with E-state index in [0.717, 1.165) is 31.9 Å². The number of nitrogens with zero attached hydrogens (tertiary/aromatic N) is 4. The molecule has 1 aliphatic rings. The second-order valence-electron chi connectivity index (χ2n) is 5.55. The third kappa shape index (κ3) is 3.25. The molecular weight excluding hydrogens is 280 g/mol. The third-order valence-electron chi connectivity index (χ3n) is 3.86. The van der Waals surface area contributed by atoms with E-state index < -0.39 is 0 Å². The van der Waals surface area contributed by atoms with Gasteiger partial charge < -0.3 is 15.1 Å². The lowest BCUT2D eigenvalue weighted by Gasteiger charge is -2.34. The molecule has 0 amide bonds. The number of H-pyrrole nitrogens is 1. The Hall–Kier alpha value is -2.41. The van der Waals surface area contributed by atoms with Crippen LogP contribution in [0.1, 0.15) is 5.69 Å². The van der Waals surface area contributed by atoms with Crippen molar-refractivity contribution < 1.29 is 0 Å². The van der Waals surface area contributed by atoms with Crippen LogP contribution in [0.25, 0.3) is 0 Å². The van der Waals surface area contributed by atoms with Crippen LogP contribution in [-0.4, -0.2) is 53.3 Å². The van der Waals surface area contributed by atoms with Gasteiger partial charge in [-0.05, 0) is 38.2 Å². The van der Waals surface area contributed by atoms with Crippen molar-refractivity contribution in [2.75, 3.05) is 43.4 Å². The summed E-state index contributed by atoms with van der Waals surface area (Å²) in [5.41, 5.74) is 2.20. The molecule has 1 fully saturated rings. The van der Waals surface area contributed by atoms with E-state index in [4.69, 9.17) is 0 Å². The van der Waals surface area contributed by atoms with Crippen molar-refractivity contribution in [3.8, 4) is 0 Å². The van der Waals surface area contributed by atoms with Gasteiger partial charge in [-0.1, -0.05) is 0 Å². The van der Waals surface area contributed by atoms with Crippen LogP contribution < -0.4 is 15.8 Å². The van der Waals surface area contributed by atoms with Gasteiger partial charge in [-0.15, -0.1) is 10.2 Å². The largest absolute Gasteiger partial charge is 0.369 e. The molecule has 22 heavy (non-hydrogen) atoms. The maximum absolute atomic E-state index is 11.5. The molecule has 2 aromatic rings. The Morgan fingerprint density at radius 3 is 2.41 bits per heavy atom. The van der Waals surface area contributed by atoms with E-state index in [2.05, 4.69) is 49.5 Å². The van der Waals surface area contributed by atoms with Crippen LogP contribution in [0, 0.1) is 6.92 Å². The lowest BCUT2D eigenvalue weighted by Crippen LogP contribution is -2.44. The smallest absolute Gasteiger partial charge is 0.273 e. The summed E-state index contributed by atoms with van der Waals surface area (Å²) in [6, 6.07) is 8.11. The van der Waals surface area contributed by atoms with Gasteiger partial charge in [0.1, 0.15) is 5.69 Å². The summed E-state index contributed by atoms with van der Waals surface area (Å²) in [4.78, 5) is 18.9. The number of likely N-dealkylation sites (N-methyl/N-ethyl adjacent to an activating group) is 1. The molecule has 1 aromatic heterocycles. The van der Waals surface area contributed by atoms with Gasteiger partial charge in [-0.2, -0.15) is 0 Å². The summed E-state index contributed by atoms with van der Waals surface area (Å²) in [5, 5.41) is 10.8. The molecule has 0 radical (unpaired) electrons. The first-order chi connectivity index (χ1) is 10.6. The summed E-state index contributed by atoms with van der Waals surface area (Å²) >= 11 is 0. The zero-order chi connectivity index (χ0) is 15.5. The second-order valence-corrected chi connectivity index (χ2v) is 5.55. The zero-order valence-electron chi connectivity index (χ0n) is 12.8. The molecule has 7 nitrogen and oxygen atoms in total. The van der Waals surface area contributed by atoms with Crippen molar-refractivity contribution in [2.24, 2.45) is 0 Å². The molecule has 0 spiro atoms. The highest BCUT2D eigenvalue weighted by molar-refractivity contribution is 5.59. The van der Waals surface area contributed by atoms with Crippen molar-refractivity contribution in [2.45, 2.75) is 6.92 Å². The fraction of sp³-hybridized carbons (Fsp3) is 0.400. The molecule has 1 aromatic carbocycles. The van der Waals surface area contributed by atoms with E-state index in [0.29, 0.717) is 11.6 Å². The Kier molecular flexibility index (Phi) is 4.06. The monoisotopic (exact) mass is 300 g/mol. The molecule has 0 bridgehead atoms. The first kappa shape index (κ1) is 14.5. The van der Waals surface area contributed by atoms with Gasteiger partial charge in [0.2, 0.25) is 5.95 Å². The fourth-order valence-electron chi connectivity index (χ4n) is 2.41. The summed E-state index contributed by atoms with van der Waals surface area (Å²) in [7, 11) is 2.15. The Morgan fingerprint density at radius 2 is 1.77 bits per heavy atom. The van der Waals surface area contributed by atoms with Crippen LogP contribution >= 0.6 is 0 Å². The number of rotatable bonds is 3. The number of aromatic amines is 1. The number of aryl methyl sites for hydroxylation is 1. The minimum atomic E-state index is -0.230. The highest BCUT2D eigenvalue weighted by Crippen LogP contribution is 2.20. The maximum Gasteiger partial charge on any atom is 0.273 e. The second kappa shape index (κ2) is 6.15. The minimum absolute atomic E-state index is 0.230. The maximum atomic E-state index is 11.5. The van der Waals surface area contributed by atoms with E-state index in [1.165, 1.54) is 5.69 Å². The number of aromatic nitrogens is 3. The van der Waals surface area contributed by atoms with E-state index in [1.54, 1.807) is 6.92 Å². The summed E-state index contributed by atoms with van der Waals surface area (Å²) < 4.78 is 0. The Balaban J connectivity index is 1.68. The van der Waals surface area contributed by atoms with Gasteiger partial charge in [0.25, 0.3) is 5.56 Å². The lowest BCUT2D eigenvalue weighted by atomic mass is 10.2. The lowest BCUT2D eigenvalue weighted by molar-refractivity contribution is 0.313. The van der Waals surface area contributed by atoms with Gasteiger partial charge in [-0.25, -0.2) is 0 Å². The average molecular weight is 300 g/mol. The quantitative estimate of drug-likeness (QED) is 0.879. The van der Waals surface area contributed by atoms with E-state index in [-0.39, 0.29) is 5.56 Å². The zero-order valence-corrected chi connectivity index (χ0v) is 12.8. The molecular formula is C15H20N6O. The van der Waals surface area contributed by atoms with Crippen molar-refractivity contribution in [1.29, 1.82) is 0 Å². The SMILES string of the molecule is Cc1nnc(Nc2ccc(N3CCN(C)CC3)cc2)[nH]c1=O. The summed E-state index contributed by atoms with van der Waals surface area (Å²) in [6.45, 7) is 5.88. The standard InChI is InChI=1S/C15H20N6O/c1-11-14(22)17-15(19-18-11)16-12-3-5-13(6-4-12)21-9-7-20(2)8-10-21/h3-6H,7-10H2,1-2H3,(H2,16,17,19,22). The Morgan fingerprint density at radius 1 is 1.09 bits per heavy atom. The number of anilines is 3.